The fourth-order valence-corrected chi connectivity index (χ4v) is 4.20. The minimum atomic E-state index is -0.697. The van der Waals surface area contributed by atoms with E-state index in [1.165, 1.54) is 22.8 Å². The summed E-state index contributed by atoms with van der Waals surface area (Å²) in [5, 5.41) is 17.9. The van der Waals surface area contributed by atoms with E-state index in [9.17, 15) is 24.5 Å². The molecule has 212 valence electrons. The first-order chi connectivity index (χ1) is 19.1. The summed E-state index contributed by atoms with van der Waals surface area (Å²) in [6.07, 6.45) is 1.00. The van der Waals surface area contributed by atoms with Crippen LogP contribution >= 0.6 is 0 Å². The van der Waals surface area contributed by atoms with E-state index in [4.69, 9.17) is 4.74 Å². The molecule has 1 heterocycles. The van der Waals surface area contributed by atoms with Crippen molar-refractivity contribution < 1.29 is 24.0 Å². The second kappa shape index (κ2) is 10.9. The summed E-state index contributed by atoms with van der Waals surface area (Å²) >= 11 is 0. The Morgan fingerprint density at radius 2 is 1.54 bits per heavy atom. The molecule has 0 aliphatic heterocycles. The van der Waals surface area contributed by atoms with E-state index in [1.54, 1.807) is 63.4 Å². The first kappa shape index (κ1) is 29.0. The number of nitro groups is 1. The van der Waals surface area contributed by atoms with Crippen molar-refractivity contribution in [1.82, 2.24) is 4.57 Å². The lowest BCUT2D eigenvalue weighted by Crippen LogP contribution is -2.26. The maximum Gasteiger partial charge on any atom is 0.418 e. The number of ether oxygens (including phenoxy) is 1. The first-order valence-electron chi connectivity index (χ1n) is 13.0. The lowest BCUT2D eigenvalue weighted by atomic mass is 9.86. The zero-order valence-electron chi connectivity index (χ0n) is 23.8. The highest BCUT2D eigenvalue weighted by Crippen LogP contribution is 2.31. The van der Waals surface area contributed by atoms with Gasteiger partial charge in [0, 0.05) is 28.9 Å². The molecule has 0 atom stereocenters. The third-order valence-electron chi connectivity index (χ3n) is 6.28. The van der Waals surface area contributed by atoms with Crippen molar-refractivity contribution in [2.24, 2.45) is 0 Å². The van der Waals surface area contributed by atoms with Crippen LogP contribution in [0.4, 0.5) is 21.9 Å². The maximum absolute atomic E-state index is 13.4. The summed E-state index contributed by atoms with van der Waals surface area (Å²) in [6.45, 7) is 11.4. The Hall–Kier alpha value is -4.99. The zero-order valence-corrected chi connectivity index (χ0v) is 23.8. The average molecular weight is 557 g/mol. The van der Waals surface area contributed by atoms with Crippen LogP contribution in [-0.2, 0) is 10.2 Å². The van der Waals surface area contributed by atoms with Gasteiger partial charge in [0.15, 0.2) is 0 Å². The van der Waals surface area contributed by atoms with E-state index >= 15 is 0 Å². The van der Waals surface area contributed by atoms with Gasteiger partial charge in [-0.05, 0) is 68.1 Å². The molecule has 0 aliphatic carbocycles. The monoisotopic (exact) mass is 556 g/mol. The number of hydrogen-bond acceptors (Lipinski definition) is 6. The molecular formula is C31H32N4O6. The van der Waals surface area contributed by atoms with Gasteiger partial charge in [-0.2, -0.15) is 0 Å². The normalized spacial score (nSPS) is 11.7. The molecule has 3 aromatic carbocycles. The topological polar surface area (TPSA) is 133 Å². The summed E-state index contributed by atoms with van der Waals surface area (Å²) < 4.78 is 6.79. The van der Waals surface area contributed by atoms with E-state index < -0.39 is 34.1 Å². The number of carbonyl (C=O) groups is 3. The molecule has 0 saturated heterocycles. The molecule has 0 spiro atoms. The first-order valence-corrected chi connectivity index (χ1v) is 13.0. The zero-order chi connectivity index (χ0) is 30.1. The Morgan fingerprint density at radius 3 is 2.15 bits per heavy atom. The molecule has 1 aromatic heterocycles. The summed E-state index contributed by atoms with van der Waals surface area (Å²) in [5.74, 6) is -1.27. The van der Waals surface area contributed by atoms with Crippen molar-refractivity contribution in [3.05, 3.63) is 99.7 Å². The third kappa shape index (κ3) is 6.60. The van der Waals surface area contributed by atoms with Crippen molar-refractivity contribution in [1.29, 1.82) is 0 Å². The highest BCUT2D eigenvalue weighted by Gasteiger charge is 2.25. The van der Waals surface area contributed by atoms with Gasteiger partial charge in [-0.15, -0.1) is 0 Å². The van der Waals surface area contributed by atoms with E-state index in [2.05, 4.69) is 10.6 Å². The van der Waals surface area contributed by atoms with Crippen LogP contribution in [0.15, 0.2) is 72.9 Å². The largest absolute Gasteiger partial charge is 0.443 e. The maximum atomic E-state index is 13.4. The van der Waals surface area contributed by atoms with Gasteiger partial charge < -0.3 is 15.4 Å². The van der Waals surface area contributed by atoms with E-state index in [1.807, 2.05) is 32.9 Å². The van der Waals surface area contributed by atoms with Crippen LogP contribution in [0.25, 0.3) is 10.9 Å². The lowest BCUT2D eigenvalue weighted by molar-refractivity contribution is -0.383. The van der Waals surface area contributed by atoms with Gasteiger partial charge in [-0.1, -0.05) is 45.0 Å². The number of amides is 2. The van der Waals surface area contributed by atoms with Crippen LogP contribution in [0.2, 0.25) is 0 Å². The van der Waals surface area contributed by atoms with Gasteiger partial charge in [0.1, 0.15) is 11.3 Å². The van der Waals surface area contributed by atoms with E-state index in [0.717, 1.165) is 10.9 Å². The number of nitrogens with one attached hydrogen (secondary N) is 2. The fraction of sp³-hybridized carbons (Fsp3) is 0.258. The second-order valence-corrected chi connectivity index (χ2v) is 11.6. The molecule has 0 aliphatic rings. The van der Waals surface area contributed by atoms with Crippen molar-refractivity contribution in [2.45, 2.75) is 52.6 Å². The Balaban J connectivity index is 1.63. The highest BCUT2D eigenvalue weighted by molar-refractivity contribution is 6.14. The standard InChI is InChI=1S/C31H32N4O6/c1-30(2,3)21-13-10-20(11-14-21)27(36)33-26-23(8-7-9-24(26)35(39)40)28(37)32-22-15-12-19-16-17-34(25(19)18-22)29(38)41-31(4,5)6/h7-18H,1-6H3,(H,32,37)(H,33,36). The van der Waals surface area contributed by atoms with Crippen LogP contribution in [0.1, 0.15) is 67.8 Å². The molecule has 0 bridgehead atoms. The van der Waals surface area contributed by atoms with Crippen molar-refractivity contribution >= 4 is 45.9 Å². The van der Waals surface area contributed by atoms with Crippen LogP contribution in [0.3, 0.4) is 0 Å². The quantitative estimate of drug-likeness (QED) is 0.198. The molecular weight excluding hydrogens is 524 g/mol. The van der Waals surface area contributed by atoms with Gasteiger partial charge in [0.25, 0.3) is 17.5 Å². The number of fused-ring (bicyclic) bond motifs is 1. The van der Waals surface area contributed by atoms with Gasteiger partial charge in [-0.25, -0.2) is 4.79 Å². The molecule has 0 fully saturated rings. The van der Waals surface area contributed by atoms with Crippen molar-refractivity contribution in [3.63, 3.8) is 0 Å². The van der Waals surface area contributed by atoms with Crippen molar-refractivity contribution in [2.75, 3.05) is 10.6 Å². The second-order valence-electron chi connectivity index (χ2n) is 11.6. The Morgan fingerprint density at radius 1 is 0.854 bits per heavy atom. The predicted molar refractivity (Wildman–Crippen MR) is 158 cm³/mol. The molecule has 0 radical (unpaired) electrons. The number of carbonyl (C=O) groups excluding carboxylic acids is 3. The molecule has 41 heavy (non-hydrogen) atoms. The molecule has 10 nitrogen and oxygen atoms in total. The number of nitrogens with zero attached hydrogens (tertiary/aromatic N) is 2. The van der Waals surface area contributed by atoms with Crippen molar-refractivity contribution in [3.8, 4) is 0 Å². The smallest absolute Gasteiger partial charge is 0.418 e. The molecule has 0 unspecified atom stereocenters. The third-order valence-corrected chi connectivity index (χ3v) is 6.28. The van der Waals surface area contributed by atoms with Gasteiger partial charge in [-0.3, -0.25) is 24.3 Å². The molecule has 0 saturated carbocycles. The Bertz CT molecular complexity index is 1660. The highest BCUT2D eigenvalue weighted by atomic mass is 16.6. The number of benzene rings is 3. The summed E-state index contributed by atoms with van der Waals surface area (Å²) in [7, 11) is 0. The summed E-state index contributed by atoms with van der Waals surface area (Å²) in [5.41, 5.74) is 0.597. The molecule has 10 heteroatoms. The van der Waals surface area contributed by atoms with Crippen LogP contribution < -0.4 is 10.6 Å². The molecule has 4 rings (SSSR count). The molecule has 2 N–H and O–H groups in total. The van der Waals surface area contributed by atoms with Gasteiger partial charge >= 0.3 is 6.09 Å². The van der Waals surface area contributed by atoms with Crippen LogP contribution in [0.5, 0.6) is 0 Å². The van der Waals surface area contributed by atoms with Gasteiger partial charge in [0.2, 0.25) is 0 Å². The van der Waals surface area contributed by atoms with E-state index in [0.29, 0.717) is 11.2 Å². The minimum Gasteiger partial charge on any atom is -0.443 e. The van der Waals surface area contributed by atoms with Gasteiger partial charge in [0.05, 0.1) is 16.0 Å². The Labute approximate surface area is 237 Å². The number of hydrogen-bond donors (Lipinski definition) is 2. The average Bonchev–Trinajstić information content (AvgIpc) is 3.30. The molecule has 4 aromatic rings. The van der Waals surface area contributed by atoms with E-state index in [-0.39, 0.29) is 22.2 Å². The fourth-order valence-electron chi connectivity index (χ4n) is 4.20. The molecule has 2 amide bonds. The minimum absolute atomic E-state index is 0.0958. The number of para-hydroxylation sites is 1. The van der Waals surface area contributed by atoms with Crippen LogP contribution in [0, 0.1) is 10.1 Å². The number of anilines is 2. The number of nitro benzene ring substituents is 1. The SMILES string of the molecule is CC(C)(C)OC(=O)n1ccc2ccc(NC(=O)c3cccc([N+](=O)[O-])c3NC(=O)c3ccc(C(C)(C)C)cc3)cc21. The van der Waals surface area contributed by atoms with Crippen LogP contribution in [-0.4, -0.2) is 33.0 Å². The Kier molecular flexibility index (Phi) is 7.70. The lowest BCUT2D eigenvalue weighted by Gasteiger charge is -2.20. The number of aromatic nitrogens is 1. The summed E-state index contributed by atoms with van der Waals surface area (Å²) in [4.78, 5) is 50.3. The number of rotatable bonds is 5. The predicted octanol–water partition coefficient (Wildman–Crippen LogP) is 7.13. The summed E-state index contributed by atoms with van der Waals surface area (Å²) in [6, 6.07) is 17.6.